The van der Waals surface area contributed by atoms with Crippen molar-refractivity contribution in [3.63, 3.8) is 0 Å². The van der Waals surface area contributed by atoms with E-state index in [0.717, 1.165) is 16.8 Å². The van der Waals surface area contributed by atoms with Crippen molar-refractivity contribution in [2.45, 2.75) is 44.8 Å². The van der Waals surface area contributed by atoms with Crippen molar-refractivity contribution >= 4 is 23.4 Å². The number of benzene rings is 2. The number of halogens is 1. The lowest BCUT2D eigenvalue weighted by Gasteiger charge is -2.45. The van der Waals surface area contributed by atoms with Crippen LogP contribution in [-0.2, 0) is 4.74 Å². The molecule has 0 unspecified atom stereocenters. The summed E-state index contributed by atoms with van der Waals surface area (Å²) in [7, 11) is 0. The van der Waals surface area contributed by atoms with Gasteiger partial charge in [-0.3, -0.25) is 10.3 Å². The van der Waals surface area contributed by atoms with Crippen molar-refractivity contribution < 1.29 is 14.6 Å². The van der Waals surface area contributed by atoms with Gasteiger partial charge in [0.2, 0.25) is 0 Å². The topological polar surface area (TPSA) is 74.2 Å². The number of piperidine rings is 1. The van der Waals surface area contributed by atoms with E-state index in [9.17, 15) is 9.90 Å². The summed E-state index contributed by atoms with van der Waals surface area (Å²) in [6.07, 6.45) is 1.69. The summed E-state index contributed by atoms with van der Waals surface area (Å²) in [5, 5.41) is 14.8. The van der Waals surface area contributed by atoms with Crippen LogP contribution < -0.4 is 5.32 Å². The number of amides is 1. The first-order chi connectivity index (χ1) is 14.9. The number of aromatic hydroxyl groups is 1. The van der Waals surface area contributed by atoms with Gasteiger partial charge in [0.25, 0.3) is 0 Å². The fraction of sp³-hybridized carbons (Fsp3) is 0.417. The highest BCUT2D eigenvalue weighted by atomic mass is 35.5. The Balaban J connectivity index is 1.66. The Hall–Kier alpha value is -2.57. The number of ether oxygens (including phenoxy) is 1. The monoisotopic (exact) mass is 441 g/mol. The first-order valence-corrected chi connectivity index (χ1v) is 11.1. The van der Waals surface area contributed by atoms with Crippen molar-refractivity contribution in [1.82, 2.24) is 10.2 Å². The maximum Gasteiger partial charge on any atom is 0.409 e. The number of nitrogens with zero attached hydrogens (tertiary/aromatic N) is 2. The third kappa shape index (κ3) is 4.70. The van der Waals surface area contributed by atoms with Crippen LogP contribution >= 0.6 is 11.6 Å². The Morgan fingerprint density at radius 1 is 1.26 bits per heavy atom. The molecule has 4 rings (SSSR count). The molecule has 2 heterocycles. The first-order valence-electron chi connectivity index (χ1n) is 10.7. The van der Waals surface area contributed by atoms with Gasteiger partial charge >= 0.3 is 6.09 Å². The molecule has 2 N–H and O–H groups in total. The molecule has 6 nitrogen and oxygen atoms in total. The van der Waals surface area contributed by atoms with E-state index >= 15 is 0 Å². The van der Waals surface area contributed by atoms with Crippen molar-refractivity contribution in [2.75, 3.05) is 19.7 Å². The minimum Gasteiger partial charge on any atom is -0.508 e. The van der Waals surface area contributed by atoms with Crippen molar-refractivity contribution in [3.8, 4) is 5.75 Å². The molecule has 164 valence electrons. The molecule has 1 amide bonds. The summed E-state index contributed by atoms with van der Waals surface area (Å²) >= 11 is 6.24. The number of aryl methyl sites for hydroxylation is 1. The molecule has 0 aliphatic carbocycles. The van der Waals surface area contributed by atoms with E-state index in [1.165, 1.54) is 5.56 Å². The number of carbonyl (C=O) groups excluding carboxylic acids is 1. The molecule has 0 aromatic heterocycles. The number of nitrogens with one attached hydrogen (secondary N) is 1. The predicted molar refractivity (Wildman–Crippen MR) is 122 cm³/mol. The van der Waals surface area contributed by atoms with Crippen LogP contribution in [0.4, 0.5) is 4.79 Å². The van der Waals surface area contributed by atoms with Gasteiger partial charge in [-0.25, -0.2) is 4.79 Å². The van der Waals surface area contributed by atoms with Crippen molar-refractivity contribution in [3.05, 3.63) is 64.2 Å². The Bertz CT molecular complexity index is 982. The van der Waals surface area contributed by atoms with Gasteiger partial charge in [-0.2, -0.15) is 0 Å². The van der Waals surface area contributed by atoms with Crippen LogP contribution in [0.25, 0.3) is 0 Å². The number of hydrogen-bond donors (Lipinski definition) is 2. The van der Waals surface area contributed by atoms with Crippen molar-refractivity contribution in [2.24, 2.45) is 4.99 Å². The van der Waals surface area contributed by atoms with E-state index in [1.807, 2.05) is 13.0 Å². The Kier molecular flexibility index (Phi) is 6.21. The fourth-order valence-electron chi connectivity index (χ4n) is 4.36. The Morgan fingerprint density at radius 3 is 2.65 bits per heavy atom. The summed E-state index contributed by atoms with van der Waals surface area (Å²) in [6.45, 7) is 5.36. The standard InChI is InChI=1S/C24H28ClN3O3/c1-3-31-23(30)28-12-10-24(11-13-28)26-20(17-6-4-16(2)5-7-17)15-21(27-24)19-14-18(25)8-9-22(19)29/h4-9,14,21,27,29H,3,10-13,15H2,1-2H3/t21-/m0/s1. The second-order valence-electron chi connectivity index (χ2n) is 8.25. The molecular formula is C24H28ClN3O3. The molecule has 2 aliphatic rings. The summed E-state index contributed by atoms with van der Waals surface area (Å²) in [4.78, 5) is 19.0. The minimum absolute atomic E-state index is 0.137. The quantitative estimate of drug-likeness (QED) is 0.715. The molecule has 31 heavy (non-hydrogen) atoms. The van der Waals surface area contributed by atoms with Crippen LogP contribution in [0.15, 0.2) is 47.5 Å². The summed E-state index contributed by atoms with van der Waals surface area (Å²) < 4.78 is 5.16. The van der Waals surface area contributed by atoms with Gasteiger partial charge in [-0.1, -0.05) is 41.4 Å². The largest absolute Gasteiger partial charge is 0.508 e. The highest BCUT2D eigenvalue weighted by molar-refractivity contribution is 6.30. The predicted octanol–water partition coefficient (Wildman–Crippen LogP) is 4.83. The third-order valence-electron chi connectivity index (χ3n) is 6.06. The smallest absolute Gasteiger partial charge is 0.409 e. The van der Waals surface area contributed by atoms with Gasteiger partial charge in [-0.05, 0) is 37.6 Å². The van der Waals surface area contributed by atoms with E-state index in [0.29, 0.717) is 44.0 Å². The van der Waals surface area contributed by atoms with Gasteiger partial charge in [0.05, 0.1) is 6.61 Å². The highest BCUT2D eigenvalue weighted by Gasteiger charge is 2.41. The zero-order chi connectivity index (χ0) is 22.0. The molecule has 1 atom stereocenters. The fourth-order valence-corrected chi connectivity index (χ4v) is 4.54. The van der Waals surface area contributed by atoms with Crippen LogP contribution in [0.1, 0.15) is 48.9 Å². The second kappa shape index (κ2) is 8.89. The number of hydrogen-bond acceptors (Lipinski definition) is 5. The Morgan fingerprint density at radius 2 is 1.97 bits per heavy atom. The van der Waals surface area contributed by atoms with Gasteiger partial charge in [0.1, 0.15) is 11.4 Å². The lowest BCUT2D eigenvalue weighted by atomic mass is 9.87. The van der Waals surface area contributed by atoms with E-state index < -0.39 is 5.66 Å². The Labute approximate surface area is 187 Å². The average molecular weight is 442 g/mol. The number of likely N-dealkylation sites (tertiary alicyclic amines) is 1. The third-order valence-corrected chi connectivity index (χ3v) is 6.29. The van der Waals surface area contributed by atoms with Gasteiger partial charge in [-0.15, -0.1) is 0 Å². The molecule has 2 aromatic carbocycles. The number of phenols is 1. The zero-order valence-electron chi connectivity index (χ0n) is 17.9. The summed E-state index contributed by atoms with van der Waals surface area (Å²) in [5.41, 5.74) is 3.51. The molecule has 7 heteroatoms. The minimum atomic E-state index is -0.513. The van der Waals surface area contributed by atoms with Crippen LogP contribution in [0.5, 0.6) is 5.75 Å². The normalized spacial score (nSPS) is 20.4. The number of rotatable bonds is 3. The molecule has 0 saturated carbocycles. The molecular weight excluding hydrogens is 414 g/mol. The maximum absolute atomic E-state index is 12.2. The molecule has 0 bridgehead atoms. The lowest BCUT2D eigenvalue weighted by molar-refractivity contribution is 0.0778. The van der Waals surface area contributed by atoms with Crippen LogP contribution in [0, 0.1) is 6.92 Å². The molecule has 2 aliphatic heterocycles. The maximum atomic E-state index is 12.2. The average Bonchev–Trinajstić information content (AvgIpc) is 2.76. The second-order valence-corrected chi connectivity index (χ2v) is 8.68. The number of carbonyl (C=O) groups is 1. The molecule has 0 radical (unpaired) electrons. The molecule has 1 spiro atoms. The lowest BCUT2D eigenvalue weighted by Crippen LogP contribution is -2.56. The van der Waals surface area contributed by atoms with E-state index in [2.05, 4.69) is 36.5 Å². The van der Waals surface area contributed by atoms with Crippen LogP contribution in [-0.4, -0.2) is 47.2 Å². The van der Waals surface area contributed by atoms with E-state index in [1.54, 1.807) is 17.0 Å². The van der Waals surface area contributed by atoms with Crippen LogP contribution in [0.3, 0.4) is 0 Å². The van der Waals surface area contributed by atoms with Crippen molar-refractivity contribution in [1.29, 1.82) is 0 Å². The van der Waals surface area contributed by atoms with Crippen LogP contribution in [0.2, 0.25) is 5.02 Å². The first kappa shape index (κ1) is 21.7. The number of aliphatic imine (C=N–C) groups is 1. The summed E-state index contributed by atoms with van der Waals surface area (Å²) in [6, 6.07) is 13.4. The van der Waals surface area contributed by atoms with Gasteiger partial charge in [0, 0.05) is 54.7 Å². The summed E-state index contributed by atoms with van der Waals surface area (Å²) in [5.74, 6) is 0.214. The van der Waals surface area contributed by atoms with E-state index in [4.69, 9.17) is 21.3 Å². The molecule has 2 aromatic rings. The van der Waals surface area contributed by atoms with Gasteiger partial charge < -0.3 is 14.7 Å². The van der Waals surface area contributed by atoms with Gasteiger partial charge in [0.15, 0.2) is 0 Å². The number of phenolic OH excluding ortho intramolecular Hbond substituents is 1. The van der Waals surface area contributed by atoms with E-state index in [-0.39, 0.29) is 17.9 Å². The zero-order valence-corrected chi connectivity index (χ0v) is 18.7. The SMILES string of the molecule is CCOC(=O)N1CCC2(CC1)N=C(c1ccc(C)cc1)C[C@@H](c1cc(Cl)ccc1O)N2. The molecule has 1 fully saturated rings. The molecule has 1 saturated heterocycles. The highest BCUT2D eigenvalue weighted by Crippen LogP contribution is 2.38.